The molecule has 200 valence electrons. The molecule has 0 bridgehead atoms. The van der Waals surface area contributed by atoms with Gasteiger partial charge in [-0.2, -0.15) is 0 Å². The maximum atomic E-state index is 13.7. The van der Waals surface area contributed by atoms with Crippen molar-refractivity contribution >= 4 is 38.9 Å². The number of methoxy groups -OCH3 is 1. The first-order chi connectivity index (χ1) is 19.5. The van der Waals surface area contributed by atoms with Gasteiger partial charge < -0.3 is 24.1 Å². The van der Waals surface area contributed by atoms with Crippen LogP contribution in [-0.2, 0) is 0 Å². The van der Waals surface area contributed by atoms with Crippen LogP contribution in [0.15, 0.2) is 112 Å². The first-order valence-corrected chi connectivity index (χ1v) is 13.7. The van der Waals surface area contributed by atoms with Crippen LogP contribution in [0, 0.1) is 5.82 Å². The van der Waals surface area contributed by atoms with E-state index in [4.69, 9.17) is 26.1 Å². The van der Waals surface area contributed by atoms with Gasteiger partial charge in [0.2, 0.25) is 0 Å². The van der Waals surface area contributed by atoms with Crippen molar-refractivity contribution in [3.05, 3.63) is 125 Å². The zero-order valence-corrected chi connectivity index (χ0v) is 23.7. The molecule has 6 nitrogen and oxygen atoms in total. The van der Waals surface area contributed by atoms with Crippen molar-refractivity contribution in [3.63, 3.8) is 0 Å². The number of nitrogens with zero attached hydrogens (tertiary/aromatic N) is 2. The van der Waals surface area contributed by atoms with Crippen molar-refractivity contribution in [1.82, 2.24) is 10.3 Å². The van der Waals surface area contributed by atoms with Crippen LogP contribution >= 0.6 is 28.1 Å². The fourth-order valence-corrected chi connectivity index (χ4v) is 5.61. The minimum absolute atomic E-state index is 0.264. The van der Waals surface area contributed by atoms with Crippen LogP contribution in [0.25, 0.3) is 11.3 Å². The molecule has 6 rings (SSSR count). The van der Waals surface area contributed by atoms with Crippen LogP contribution in [0.4, 0.5) is 10.1 Å². The number of hydrogen-bond donors (Lipinski definition) is 1. The van der Waals surface area contributed by atoms with Crippen LogP contribution in [0.5, 0.6) is 17.2 Å². The number of hydrogen-bond acceptors (Lipinski definition) is 5. The van der Waals surface area contributed by atoms with Crippen LogP contribution in [-0.4, -0.2) is 17.2 Å². The molecule has 0 radical (unpaired) electrons. The maximum Gasteiger partial charge on any atom is 0.174 e. The molecule has 1 saturated heterocycles. The number of nitrogens with one attached hydrogen (secondary N) is 1. The van der Waals surface area contributed by atoms with Gasteiger partial charge in [0.15, 0.2) is 5.11 Å². The van der Waals surface area contributed by atoms with Gasteiger partial charge in [-0.1, -0.05) is 6.07 Å². The van der Waals surface area contributed by atoms with E-state index < -0.39 is 0 Å². The van der Waals surface area contributed by atoms with Crippen LogP contribution in [0.1, 0.15) is 23.5 Å². The van der Waals surface area contributed by atoms with Gasteiger partial charge in [0, 0.05) is 21.9 Å². The van der Waals surface area contributed by atoms with E-state index in [0.717, 1.165) is 22.7 Å². The lowest BCUT2D eigenvalue weighted by Gasteiger charge is -2.26. The summed E-state index contributed by atoms with van der Waals surface area (Å²) in [5.41, 5.74) is 2.45. The second-order valence-corrected chi connectivity index (χ2v) is 10.3. The van der Waals surface area contributed by atoms with Gasteiger partial charge in [0.1, 0.15) is 40.6 Å². The van der Waals surface area contributed by atoms with E-state index in [1.807, 2.05) is 83.8 Å². The zero-order valence-electron chi connectivity index (χ0n) is 21.3. The number of benzene rings is 3. The highest BCUT2D eigenvalue weighted by molar-refractivity contribution is 9.10. The molecule has 2 aromatic heterocycles. The predicted molar refractivity (Wildman–Crippen MR) is 159 cm³/mol. The van der Waals surface area contributed by atoms with E-state index in [-0.39, 0.29) is 17.9 Å². The largest absolute Gasteiger partial charge is 0.497 e. The summed E-state index contributed by atoms with van der Waals surface area (Å²) < 4.78 is 31.9. The summed E-state index contributed by atoms with van der Waals surface area (Å²) in [6.45, 7) is 0. The standard InChI is InChI=1S/C31H23BrFN3O3S/c1-37-21-10-12-23(13-11-21)38-22-8-6-20(7-9-22)36-30(29(35-31(36)40)26-4-2-3-17-34-26)28-16-15-27(39-28)24-14-5-19(33)18-25(24)32/h2-18,29-30H,1H3,(H,35,40)/t29-,30-/m0/s1. The van der Waals surface area contributed by atoms with Crippen LogP contribution in [0.2, 0.25) is 0 Å². The summed E-state index contributed by atoms with van der Waals surface area (Å²) in [6.07, 6.45) is 1.76. The minimum atomic E-state index is -0.330. The lowest BCUT2D eigenvalue weighted by molar-refractivity contribution is 0.413. The monoisotopic (exact) mass is 615 g/mol. The van der Waals surface area contributed by atoms with Crippen molar-refractivity contribution in [2.75, 3.05) is 12.0 Å². The van der Waals surface area contributed by atoms with Crippen molar-refractivity contribution in [2.24, 2.45) is 0 Å². The summed E-state index contributed by atoms with van der Waals surface area (Å²) in [6, 6.07) is 28.6. The van der Waals surface area contributed by atoms with E-state index in [2.05, 4.69) is 26.2 Å². The fourth-order valence-electron chi connectivity index (χ4n) is 4.72. The quantitative estimate of drug-likeness (QED) is 0.185. The van der Waals surface area contributed by atoms with Gasteiger partial charge in [-0.15, -0.1) is 0 Å². The average molecular weight is 617 g/mol. The summed E-state index contributed by atoms with van der Waals surface area (Å²) in [4.78, 5) is 6.61. The Morgan fingerprint density at radius 1 is 0.925 bits per heavy atom. The number of thiocarbonyl (C=S) groups is 1. The second kappa shape index (κ2) is 11.1. The molecule has 1 aliphatic rings. The molecule has 1 fully saturated rings. The SMILES string of the molecule is COc1ccc(Oc2ccc(N3C(=S)N[C@@H](c4ccccn4)[C@@H]3c3ccc(-c4ccc(F)cc4Br)o3)cc2)cc1. The minimum Gasteiger partial charge on any atom is -0.497 e. The number of ether oxygens (including phenoxy) is 2. The Morgan fingerprint density at radius 2 is 1.65 bits per heavy atom. The summed E-state index contributed by atoms with van der Waals surface area (Å²) in [5, 5.41) is 3.98. The third-order valence-electron chi connectivity index (χ3n) is 6.62. The predicted octanol–water partition coefficient (Wildman–Crippen LogP) is 8.22. The molecule has 1 aliphatic heterocycles. The van der Waals surface area contributed by atoms with Gasteiger partial charge >= 0.3 is 0 Å². The van der Waals surface area contributed by atoms with Gasteiger partial charge in [-0.3, -0.25) is 4.98 Å². The zero-order chi connectivity index (χ0) is 27.6. The summed E-state index contributed by atoms with van der Waals surface area (Å²) >= 11 is 9.28. The molecule has 2 atom stereocenters. The highest BCUT2D eigenvalue weighted by atomic mass is 79.9. The molecule has 40 heavy (non-hydrogen) atoms. The molecule has 9 heteroatoms. The number of halogens is 2. The summed E-state index contributed by atoms with van der Waals surface area (Å²) in [7, 11) is 1.63. The molecular formula is C31H23BrFN3O3S. The third-order valence-corrected chi connectivity index (χ3v) is 7.59. The molecule has 3 aromatic carbocycles. The molecule has 3 heterocycles. The van der Waals surface area contributed by atoms with Crippen molar-refractivity contribution in [3.8, 4) is 28.6 Å². The van der Waals surface area contributed by atoms with E-state index in [1.165, 1.54) is 12.1 Å². The Kier molecular flexibility index (Phi) is 7.23. The molecule has 0 amide bonds. The number of furan rings is 1. The average Bonchev–Trinajstić information content (AvgIpc) is 3.59. The number of pyridine rings is 1. The Hall–Kier alpha value is -4.21. The smallest absolute Gasteiger partial charge is 0.174 e. The summed E-state index contributed by atoms with van der Waals surface area (Å²) in [5.74, 6) is 3.13. The van der Waals surface area contributed by atoms with Crippen LogP contribution < -0.4 is 19.7 Å². The number of aromatic nitrogens is 1. The van der Waals surface area contributed by atoms with Gasteiger partial charge in [-0.25, -0.2) is 4.39 Å². The first-order valence-electron chi connectivity index (χ1n) is 12.5. The molecule has 1 N–H and O–H groups in total. The fraction of sp³-hybridized carbons (Fsp3) is 0.0968. The second-order valence-electron chi connectivity index (χ2n) is 9.09. The van der Waals surface area contributed by atoms with Gasteiger partial charge in [0.05, 0.1) is 18.8 Å². The maximum absolute atomic E-state index is 13.7. The number of rotatable bonds is 7. The van der Waals surface area contributed by atoms with E-state index in [0.29, 0.717) is 32.6 Å². The van der Waals surface area contributed by atoms with E-state index in [9.17, 15) is 4.39 Å². The molecule has 0 saturated carbocycles. The van der Waals surface area contributed by atoms with Gasteiger partial charge in [0.25, 0.3) is 0 Å². The highest BCUT2D eigenvalue weighted by Gasteiger charge is 2.42. The molecule has 0 spiro atoms. The van der Waals surface area contributed by atoms with Gasteiger partial charge in [-0.05, 0) is 119 Å². The lowest BCUT2D eigenvalue weighted by Crippen LogP contribution is -2.29. The first kappa shape index (κ1) is 26.0. The Bertz CT molecular complexity index is 1650. The van der Waals surface area contributed by atoms with E-state index in [1.54, 1.807) is 19.4 Å². The van der Waals surface area contributed by atoms with Crippen LogP contribution in [0.3, 0.4) is 0 Å². The van der Waals surface area contributed by atoms with E-state index >= 15 is 0 Å². The highest BCUT2D eigenvalue weighted by Crippen LogP contribution is 2.44. The van der Waals surface area contributed by atoms with Crippen molar-refractivity contribution in [1.29, 1.82) is 0 Å². The number of anilines is 1. The normalized spacial score (nSPS) is 16.6. The lowest BCUT2D eigenvalue weighted by atomic mass is 10.0. The van der Waals surface area contributed by atoms with Crippen molar-refractivity contribution in [2.45, 2.75) is 12.1 Å². The third kappa shape index (κ3) is 5.17. The Morgan fingerprint density at radius 3 is 2.33 bits per heavy atom. The molecular weight excluding hydrogens is 593 g/mol. The topological polar surface area (TPSA) is 59.8 Å². The molecule has 5 aromatic rings. The Labute approximate surface area is 244 Å². The van der Waals surface area contributed by atoms with Crippen molar-refractivity contribution < 1.29 is 18.3 Å². The Balaban J connectivity index is 1.33. The molecule has 0 aliphatic carbocycles. The molecule has 0 unspecified atom stereocenters.